The van der Waals surface area contributed by atoms with Gasteiger partial charge in [0.15, 0.2) is 0 Å². The van der Waals surface area contributed by atoms with Gasteiger partial charge in [0.2, 0.25) is 0 Å². The molecule has 90 valence electrons. The lowest BCUT2D eigenvalue weighted by molar-refractivity contribution is -0.119. The van der Waals surface area contributed by atoms with E-state index in [4.69, 9.17) is 5.26 Å². The number of ketones is 1. The van der Waals surface area contributed by atoms with E-state index >= 15 is 0 Å². The van der Waals surface area contributed by atoms with E-state index in [9.17, 15) is 4.79 Å². The van der Waals surface area contributed by atoms with Crippen LogP contribution in [0.15, 0.2) is 30.3 Å². The molecule has 1 aromatic carbocycles. The maximum absolute atomic E-state index is 11.8. The van der Waals surface area contributed by atoms with Gasteiger partial charge < -0.3 is 0 Å². The summed E-state index contributed by atoms with van der Waals surface area (Å²) in [4.78, 5) is 11.8. The first kappa shape index (κ1) is 13.4. The fraction of sp³-hybridized carbons (Fsp3) is 0.467. The van der Waals surface area contributed by atoms with Gasteiger partial charge in [-0.15, -0.1) is 0 Å². The number of rotatable bonds is 7. The van der Waals surface area contributed by atoms with Crippen molar-refractivity contribution in [3.8, 4) is 6.07 Å². The highest BCUT2D eigenvalue weighted by atomic mass is 16.1. The van der Waals surface area contributed by atoms with Gasteiger partial charge in [-0.05, 0) is 12.0 Å². The van der Waals surface area contributed by atoms with Crippen LogP contribution in [0, 0.1) is 17.2 Å². The normalized spacial score (nSPS) is 11.8. The number of nitriles is 1. The molecule has 0 saturated heterocycles. The molecule has 1 unspecified atom stereocenters. The van der Waals surface area contributed by atoms with Crippen molar-refractivity contribution in [2.75, 3.05) is 0 Å². The van der Waals surface area contributed by atoms with Crippen LogP contribution in [0.5, 0.6) is 0 Å². The molecule has 0 radical (unpaired) electrons. The lowest BCUT2D eigenvalue weighted by Gasteiger charge is -2.07. The van der Waals surface area contributed by atoms with Crippen LogP contribution in [0.4, 0.5) is 0 Å². The smallest absolute Gasteiger partial charge is 0.138 e. The Labute approximate surface area is 103 Å². The van der Waals surface area contributed by atoms with Gasteiger partial charge in [0.25, 0.3) is 0 Å². The summed E-state index contributed by atoms with van der Waals surface area (Å²) < 4.78 is 0. The van der Waals surface area contributed by atoms with Crippen molar-refractivity contribution in [2.45, 2.75) is 39.0 Å². The van der Waals surface area contributed by atoms with Gasteiger partial charge in [-0.2, -0.15) is 5.26 Å². The van der Waals surface area contributed by atoms with Crippen LogP contribution in [0.25, 0.3) is 0 Å². The first-order chi connectivity index (χ1) is 8.26. The summed E-state index contributed by atoms with van der Waals surface area (Å²) in [6.45, 7) is 2.10. The molecule has 1 aromatic rings. The second-order valence-electron chi connectivity index (χ2n) is 4.37. The van der Waals surface area contributed by atoms with Gasteiger partial charge >= 0.3 is 0 Å². The van der Waals surface area contributed by atoms with Gasteiger partial charge in [0, 0.05) is 12.8 Å². The molecule has 0 N–H and O–H groups in total. The topological polar surface area (TPSA) is 40.9 Å². The molecule has 0 fully saturated rings. The van der Waals surface area contributed by atoms with Crippen LogP contribution in [0.2, 0.25) is 0 Å². The summed E-state index contributed by atoms with van der Waals surface area (Å²) in [7, 11) is 0. The van der Waals surface area contributed by atoms with Gasteiger partial charge in [0.05, 0.1) is 12.0 Å². The van der Waals surface area contributed by atoms with E-state index in [1.807, 2.05) is 30.3 Å². The minimum Gasteiger partial charge on any atom is -0.299 e. The van der Waals surface area contributed by atoms with Crippen LogP contribution in [-0.2, 0) is 11.2 Å². The Balaban J connectivity index is 2.41. The van der Waals surface area contributed by atoms with Crippen LogP contribution in [0.3, 0.4) is 0 Å². The Hall–Kier alpha value is -1.62. The summed E-state index contributed by atoms with van der Waals surface area (Å²) >= 11 is 0. The molecule has 1 atom stereocenters. The minimum absolute atomic E-state index is 0.105. The second-order valence-corrected chi connectivity index (χ2v) is 4.37. The summed E-state index contributed by atoms with van der Waals surface area (Å²) in [6.07, 6.45) is 3.78. The van der Waals surface area contributed by atoms with Crippen LogP contribution in [0.1, 0.15) is 38.2 Å². The Kier molecular flexibility index (Phi) is 6.03. The largest absolute Gasteiger partial charge is 0.299 e. The van der Waals surface area contributed by atoms with Gasteiger partial charge in [-0.3, -0.25) is 4.79 Å². The lowest BCUT2D eigenvalue weighted by Crippen LogP contribution is -2.09. The highest BCUT2D eigenvalue weighted by Gasteiger charge is 2.12. The molecule has 0 amide bonds. The fourth-order valence-electron chi connectivity index (χ4n) is 1.83. The number of unbranched alkanes of at least 4 members (excludes halogenated alkanes) is 1. The third-order valence-corrected chi connectivity index (χ3v) is 2.81. The summed E-state index contributed by atoms with van der Waals surface area (Å²) in [5.41, 5.74) is 1.03. The molecule has 0 spiro atoms. The Morgan fingerprint density at radius 2 is 2.06 bits per heavy atom. The van der Waals surface area contributed by atoms with E-state index in [0.29, 0.717) is 12.8 Å². The number of carbonyl (C=O) groups excluding carboxylic acids is 1. The highest BCUT2D eigenvalue weighted by Crippen LogP contribution is 2.14. The molecule has 2 heteroatoms. The Morgan fingerprint density at radius 1 is 1.35 bits per heavy atom. The van der Waals surface area contributed by atoms with Gasteiger partial charge in [0.1, 0.15) is 5.78 Å². The summed E-state index contributed by atoms with van der Waals surface area (Å²) in [6, 6.07) is 11.9. The SMILES string of the molecule is CCCCC(C#N)CC(=O)Cc1ccccc1. The van der Waals surface area contributed by atoms with Crippen molar-refractivity contribution >= 4 is 5.78 Å². The van der Waals surface area contributed by atoms with Crippen molar-refractivity contribution in [2.24, 2.45) is 5.92 Å². The van der Waals surface area contributed by atoms with E-state index in [-0.39, 0.29) is 11.7 Å². The number of carbonyl (C=O) groups is 1. The molecule has 0 heterocycles. The average molecular weight is 229 g/mol. The summed E-state index contributed by atoms with van der Waals surface area (Å²) in [5.74, 6) is 0.0602. The molecule has 0 aliphatic rings. The summed E-state index contributed by atoms with van der Waals surface area (Å²) in [5, 5.41) is 8.97. The minimum atomic E-state index is -0.105. The van der Waals surface area contributed by atoms with E-state index in [1.165, 1.54) is 0 Å². The maximum atomic E-state index is 11.8. The molecule has 2 nitrogen and oxygen atoms in total. The molecule has 1 rings (SSSR count). The van der Waals surface area contributed by atoms with Crippen molar-refractivity contribution in [1.29, 1.82) is 5.26 Å². The number of Topliss-reactive ketones (excluding diaryl/α,β-unsaturated/α-hetero) is 1. The lowest BCUT2D eigenvalue weighted by atomic mass is 9.95. The zero-order valence-corrected chi connectivity index (χ0v) is 10.4. The van der Waals surface area contributed by atoms with Crippen molar-refractivity contribution in [3.63, 3.8) is 0 Å². The molecule has 17 heavy (non-hydrogen) atoms. The molecule has 0 aliphatic heterocycles. The first-order valence-corrected chi connectivity index (χ1v) is 6.21. The Bertz CT molecular complexity index is 378. The average Bonchev–Trinajstić information content (AvgIpc) is 2.35. The van der Waals surface area contributed by atoms with E-state index in [2.05, 4.69) is 13.0 Å². The zero-order valence-electron chi connectivity index (χ0n) is 10.4. The van der Waals surface area contributed by atoms with Crippen molar-refractivity contribution < 1.29 is 4.79 Å². The fourth-order valence-corrected chi connectivity index (χ4v) is 1.83. The monoisotopic (exact) mass is 229 g/mol. The molecule has 0 aliphatic carbocycles. The zero-order chi connectivity index (χ0) is 12.5. The van der Waals surface area contributed by atoms with Crippen LogP contribution < -0.4 is 0 Å². The van der Waals surface area contributed by atoms with E-state index < -0.39 is 0 Å². The van der Waals surface area contributed by atoms with E-state index in [1.54, 1.807) is 0 Å². The maximum Gasteiger partial charge on any atom is 0.138 e. The molecular weight excluding hydrogens is 210 g/mol. The molecular formula is C15H19NO. The molecule has 0 saturated carbocycles. The second kappa shape index (κ2) is 7.62. The number of hydrogen-bond donors (Lipinski definition) is 0. The number of hydrogen-bond acceptors (Lipinski definition) is 2. The predicted octanol–water partition coefficient (Wildman–Crippen LogP) is 3.52. The quantitative estimate of drug-likeness (QED) is 0.717. The predicted molar refractivity (Wildman–Crippen MR) is 68.4 cm³/mol. The standard InChI is InChI=1S/C15H19NO/c1-2-3-7-14(12-16)11-15(17)10-13-8-5-4-6-9-13/h4-6,8-9,14H,2-3,7,10-11H2,1H3. The van der Waals surface area contributed by atoms with Gasteiger partial charge in [-0.1, -0.05) is 50.1 Å². The number of benzene rings is 1. The third kappa shape index (κ3) is 5.31. The van der Waals surface area contributed by atoms with E-state index in [0.717, 1.165) is 24.8 Å². The molecule has 0 bridgehead atoms. The number of nitrogens with zero attached hydrogens (tertiary/aromatic N) is 1. The highest BCUT2D eigenvalue weighted by molar-refractivity contribution is 5.81. The first-order valence-electron chi connectivity index (χ1n) is 6.21. The molecule has 0 aromatic heterocycles. The van der Waals surface area contributed by atoms with Crippen molar-refractivity contribution in [1.82, 2.24) is 0 Å². The van der Waals surface area contributed by atoms with Crippen molar-refractivity contribution in [3.05, 3.63) is 35.9 Å². The Morgan fingerprint density at radius 3 is 2.65 bits per heavy atom. The third-order valence-electron chi connectivity index (χ3n) is 2.81. The van der Waals surface area contributed by atoms with Gasteiger partial charge in [-0.25, -0.2) is 0 Å². The van der Waals surface area contributed by atoms with Crippen LogP contribution in [-0.4, -0.2) is 5.78 Å². The van der Waals surface area contributed by atoms with Crippen LogP contribution >= 0.6 is 0 Å².